The summed E-state index contributed by atoms with van der Waals surface area (Å²) in [6.07, 6.45) is 0. The number of nitrogens with zero attached hydrogens (tertiary/aromatic N) is 3. The zero-order valence-electron chi connectivity index (χ0n) is 15.3. The van der Waals surface area contributed by atoms with Crippen LogP contribution in [0.2, 0.25) is 0 Å². The second-order valence-electron chi connectivity index (χ2n) is 6.47. The molecule has 8 heteroatoms. The summed E-state index contributed by atoms with van der Waals surface area (Å²) in [7, 11) is 1.89. The van der Waals surface area contributed by atoms with Crippen LogP contribution in [0.3, 0.4) is 0 Å². The lowest BCUT2D eigenvalue weighted by atomic mass is 9.96. The van der Waals surface area contributed by atoms with E-state index >= 15 is 0 Å². The van der Waals surface area contributed by atoms with Gasteiger partial charge in [-0.15, -0.1) is 21.5 Å². The average Bonchev–Trinajstić information content (AvgIpc) is 3.28. The molecule has 1 N–H and O–H groups in total. The lowest BCUT2D eigenvalue weighted by Gasteiger charge is -2.23. The number of halogens is 1. The van der Waals surface area contributed by atoms with Crippen LogP contribution in [0.25, 0.3) is 10.7 Å². The molecule has 0 saturated carbocycles. The van der Waals surface area contributed by atoms with Gasteiger partial charge in [-0.25, -0.2) is 4.39 Å². The van der Waals surface area contributed by atoms with Crippen molar-refractivity contribution in [2.24, 2.45) is 13.0 Å². The molecule has 1 unspecified atom stereocenters. The highest BCUT2D eigenvalue weighted by Crippen LogP contribution is 2.26. The molecule has 27 heavy (non-hydrogen) atoms. The lowest BCUT2D eigenvalue weighted by molar-refractivity contribution is -0.119. The molecule has 0 saturated heterocycles. The van der Waals surface area contributed by atoms with Crippen molar-refractivity contribution >= 4 is 29.0 Å². The molecule has 1 aromatic carbocycles. The molecule has 3 aromatic rings. The summed E-state index contributed by atoms with van der Waals surface area (Å²) in [4.78, 5) is 13.5. The van der Waals surface area contributed by atoms with Gasteiger partial charge < -0.3 is 9.88 Å². The molecule has 142 valence electrons. The SMILES string of the molecule is CC(C)C(NC(=O)CSc1nnc(-c2cccs2)n1C)c1ccc(F)cc1. The van der Waals surface area contributed by atoms with Crippen molar-refractivity contribution in [3.63, 3.8) is 0 Å². The van der Waals surface area contributed by atoms with Gasteiger partial charge in [0.1, 0.15) is 5.82 Å². The van der Waals surface area contributed by atoms with Crippen molar-refractivity contribution in [1.29, 1.82) is 0 Å². The lowest BCUT2D eigenvalue weighted by Crippen LogP contribution is -2.33. The van der Waals surface area contributed by atoms with Crippen molar-refractivity contribution in [3.8, 4) is 10.7 Å². The molecule has 0 fully saturated rings. The number of nitrogens with one attached hydrogen (secondary N) is 1. The third-order valence-electron chi connectivity index (χ3n) is 4.12. The van der Waals surface area contributed by atoms with Gasteiger partial charge in [0, 0.05) is 7.05 Å². The minimum atomic E-state index is -0.285. The number of hydrogen-bond donors (Lipinski definition) is 1. The maximum absolute atomic E-state index is 13.2. The molecule has 3 rings (SSSR count). The number of amides is 1. The zero-order chi connectivity index (χ0) is 19.4. The molecule has 1 amide bonds. The minimum Gasteiger partial charge on any atom is -0.348 e. The van der Waals surface area contributed by atoms with E-state index in [4.69, 9.17) is 0 Å². The third kappa shape index (κ3) is 4.75. The Morgan fingerprint density at radius 1 is 1.26 bits per heavy atom. The molecule has 0 spiro atoms. The number of thioether (sulfide) groups is 1. The number of thiophene rings is 1. The van der Waals surface area contributed by atoms with Crippen LogP contribution < -0.4 is 5.32 Å². The molecule has 0 aliphatic rings. The molecule has 0 aliphatic heterocycles. The monoisotopic (exact) mass is 404 g/mol. The second kappa shape index (κ2) is 8.67. The molecular formula is C19H21FN4OS2. The Morgan fingerprint density at radius 3 is 2.63 bits per heavy atom. The Labute approximate surface area is 166 Å². The highest BCUT2D eigenvalue weighted by molar-refractivity contribution is 7.99. The fraction of sp³-hybridized carbons (Fsp3) is 0.316. The fourth-order valence-corrected chi connectivity index (χ4v) is 4.18. The molecular weight excluding hydrogens is 383 g/mol. The molecule has 2 heterocycles. The van der Waals surface area contributed by atoms with Crippen LogP contribution in [0.5, 0.6) is 0 Å². The number of aromatic nitrogens is 3. The van der Waals surface area contributed by atoms with Crippen LogP contribution in [0.4, 0.5) is 4.39 Å². The molecule has 0 bridgehead atoms. The smallest absolute Gasteiger partial charge is 0.230 e. The average molecular weight is 405 g/mol. The maximum atomic E-state index is 13.2. The van der Waals surface area contributed by atoms with E-state index in [2.05, 4.69) is 15.5 Å². The summed E-state index contributed by atoms with van der Waals surface area (Å²) < 4.78 is 15.1. The van der Waals surface area contributed by atoms with Crippen LogP contribution in [-0.2, 0) is 11.8 Å². The standard InChI is InChI=1S/C19H21FN4OS2/c1-12(2)17(13-6-8-14(20)9-7-13)21-16(25)11-27-19-23-22-18(24(19)3)15-5-4-10-26-15/h4-10,12,17H,11H2,1-3H3,(H,21,25). The van der Waals surface area contributed by atoms with E-state index in [-0.39, 0.29) is 29.4 Å². The first-order chi connectivity index (χ1) is 13.0. The van der Waals surface area contributed by atoms with E-state index in [0.29, 0.717) is 5.16 Å². The van der Waals surface area contributed by atoms with Crippen LogP contribution in [0.1, 0.15) is 25.5 Å². The number of hydrogen-bond acceptors (Lipinski definition) is 5. The Kier molecular flexibility index (Phi) is 6.28. The van der Waals surface area contributed by atoms with Crippen molar-refractivity contribution in [3.05, 3.63) is 53.2 Å². The summed E-state index contributed by atoms with van der Waals surface area (Å²) >= 11 is 2.95. The first-order valence-corrected chi connectivity index (χ1v) is 10.4. The van der Waals surface area contributed by atoms with E-state index in [0.717, 1.165) is 16.3 Å². The predicted octanol–water partition coefficient (Wildman–Crippen LogP) is 4.29. The van der Waals surface area contributed by atoms with Crippen molar-refractivity contribution in [2.45, 2.75) is 25.0 Å². The fourth-order valence-electron chi connectivity index (χ4n) is 2.71. The van der Waals surface area contributed by atoms with Gasteiger partial charge in [0.05, 0.1) is 16.7 Å². The van der Waals surface area contributed by atoms with E-state index < -0.39 is 0 Å². The Hall–Kier alpha value is -2.19. The van der Waals surface area contributed by atoms with Gasteiger partial charge in [-0.1, -0.05) is 43.8 Å². The first-order valence-electron chi connectivity index (χ1n) is 8.56. The van der Waals surface area contributed by atoms with E-state index in [1.807, 2.05) is 43.0 Å². The predicted molar refractivity (Wildman–Crippen MR) is 107 cm³/mol. The van der Waals surface area contributed by atoms with Gasteiger partial charge in [0.25, 0.3) is 0 Å². The van der Waals surface area contributed by atoms with E-state index in [1.165, 1.54) is 23.9 Å². The quantitative estimate of drug-likeness (QED) is 0.597. The summed E-state index contributed by atoms with van der Waals surface area (Å²) in [5.41, 5.74) is 0.892. The third-order valence-corrected chi connectivity index (χ3v) is 6.01. The van der Waals surface area contributed by atoms with Gasteiger partial charge in [0.15, 0.2) is 11.0 Å². The summed E-state index contributed by atoms with van der Waals surface area (Å²) in [6, 6.07) is 10.0. The van der Waals surface area contributed by atoms with Crippen molar-refractivity contribution < 1.29 is 9.18 Å². The van der Waals surface area contributed by atoms with Crippen LogP contribution in [-0.4, -0.2) is 26.4 Å². The number of carbonyl (C=O) groups is 1. The first kappa shape index (κ1) is 19.6. The molecule has 1 atom stereocenters. The van der Waals surface area contributed by atoms with Crippen molar-refractivity contribution in [2.75, 3.05) is 5.75 Å². The van der Waals surface area contributed by atoms with Gasteiger partial charge in [-0.3, -0.25) is 4.79 Å². The van der Waals surface area contributed by atoms with Crippen LogP contribution >= 0.6 is 23.1 Å². The van der Waals surface area contributed by atoms with Gasteiger partial charge in [0.2, 0.25) is 5.91 Å². The molecule has 2 aromatic heterocycles. The second-order valence-corrected chi connectivity index (χ2v) is 8.36. The Morgan fingerprint density at radius 2 is 2.00 bits per heavy atom. The Balaban J connectivity index is 1.62. The molecule has 0 radical (unpaired) electrons. The maximum Gasteiger partial charge on any atom is 0.230 e. The number of carbonyl (C=O) groups excluding carboxylic acids is 1. The number of rotatable bonds is 7. The highest BCUT2D eigenvalue weighted by atomic mass is 32.2. The van der Waals surface area contributed by atoms with E-state index in [9.17, 15) is 9.18 Å². The summed E-state index contributed by atoms with van der Waals surface area (Å²) in [5, 5.41) is 14.1. The zero-order valence-corrected chi connectivity index (χ0v) is 17.0. The normalized spacial score (nSPS) is 12.3. The molecule has 5 nitrogen and oxygen atoms in total. The van der Waals surface area contributed by atoms with Crippen LogP contribution in [0.15, 0.2) is 46.9 Å². The van der Waals surface area contributed by atoms with Crippen LogP contribution in [0, 0.1) is 11.7 Å². The van der Waals surface area contributed by atoms with Crippen molar-refractivity contribution in [1.82, 2.24) is 20.1 Å². The molecule has 0 aliphatic carbocycles. The summed E-state index contributed by atoms with van der Waals surface area (Å²) in [5.74, 6) is 0.834. The Bertz CT molecular complexity index is 891. The largest absolute Gasteiger partial charge is 0.348 e. The highest BCUT2D eigenvalue weighted by Gasteiger charge is 2.19. The van der Waals surface area contributed by atoms with Gasteiger partial charge >= 0.3 is 0 Å². The van der Waals surface area contributed by atoms with E-state index in [1.54, 1.807) is 23.5 Å². The van der Waals surface area contributed by atoms with Gasteiger partial charge in [-0.2, -0.15) is 0 Å². The summed E-state index contributed by atoms with van der Waals surface area (Å²) in [6.45, 7) is 4.05. The topological polar surface area (TPSA) is 59.8 Å². The van der Waals surface area contributed by atoms with Gasteiger partial charge in [-0.05, 0) is 35.1 Å². The number of benzene rings is 1. The minimum absolute atomic E-state index is 0.0938.